The van der Waals surface area contributed by atoms with Gasteiger partial charge in [0, 0.05) is 11.1 Å². The largest absolute Gasteiger partial charge is 0.490 e. The highest BCUT2D eigenvalue weighted by Gasteiger charge is 2.47. The molecule has 6 heteroatoms. The zero-order valence-electron chi connectivity index (χ0n) is 25.2. The minimum Gasteiger partial charge on any atom is -0.490 e. The van der Waals surface area contributed by atoms with Gasteiger partial charge in [-0.3, -0.25) is 0 Å². The Morgan fingerprint density at radius 1 is 0.651 bits per heavy atom. The molecular weight excluding hydrogens is 540 g/mol. The lowest BCUT2D eigenvalue weighted by Crippen LogP contribution is -2.30. The lowest BCUT2D eigenvalue weighted by Gasteiger charge is -2.36. The smallest absolute Gasteiger partial charge is 0.127 e. The Kier molecular flexibility index (Phi) is 7.06. The van der Waals surface area contributed by atoms with Crippen LogP contribution in [0.2, 0.25) is 0 Å². The first kappa shape index (κ1) is 28.1. The fourth-order valence-corrected chi connectivity index (χ4v) is 6.80. The van der Waals surface area contributed by atoms with Gasteiger partial charge in [-0.1, -0.05) is 59.7 Å². The van der Waals surface area contributed by atoms with Crippen LogP contribution in [-0.4, -0.2) is 48.8 Å². The van der Waals surface area contributed by atoms with E-state index < -0.39 is 5.41 Å². The number of hydrogen-bond acceptors (Lipinski definition) is 6. The molecule has 2 N–H and O–H groups in total. The van der Waals surface area contributed by atoms with Crippen molar-refractivity contribution in [2.75, 3.05) is 26.4 Å². The molecule has 2 fully saturated rings. The van der Waals surface area contributed by atoms with Crippen LogP contribution in [0.15, 0.2) is 60.7 Å². The van der Waals surface area contributed by atoms with E-state index in [0.29, 0.717) is 37.9 Å². The van der Waals surface area contributed by atoms with Crippen molar-refractivity contribution in [1.29, 1.82) is 0 Å². The molecule has 2 atom stereocenters. The molecule has 6 nitrogen and oxygen atoms in total. The van der Waals surface area contributed by atoms with Crippen molar-refractivity contribution in [2.45, 2.75) is 58.5 Å². The molecule has 2 heterocycles. The summed E-state index contributed by atoms with van der Waals surface area (Å²) in [6.07, 6.45) is 0.229. The van der Waals surface area contributed by atoms with Gasteiger partial charge in [-0.05, 0) is 84.3 Å². The fourth-order valence-electron chi connectivity index (χ4n) is 6.80. The van der Waals surface area contributed by atoms with Gasteiger partial charge in [0.05, 0.1) is 31.8 Å². The second-order valence-corrected chi connectivity index (χ2v) is 12.3. The predicted molar refractivity (Wildman–Crippen MR) is 165 cm³/mol. The molecule has 4 aromatic carbocycles. The monoisotopic (exact) mass is 578 g/mol. The average Bonchev–Trinajstić information content (AvgIpc) is 3.93. The first-order valence-corrected chi connectivity index (χ1v) is 15.0. The normalized spacial score (nSPS) is 19.1. The van der Waals surface area contributed by atoms with Crippen molar-refractivity contribution in [2.24, 2.45) is 0 Å². The zero-order chi connectivity index (χ0) is 29.9. The summed E-state index contributed by atoms with van der Waals surface area (Å²) < 4.78 is 23.1. The number of aliphatic hydroxyl groups is 2. The van der Waals surface area contributed by atoms with Crippen molar-refractivity contribution in [3.05, 3.63) is 116 Å². The topological polar surface area (TPSA) is 84.0 Å². The van der Waals surface area contributed by atoms with Gasteiger partial charge in [-0.2, -0.15) is 0 Å². The number of ether oxygens (including phenoxy) is 4. The molecule has 0 bridgehead atoms. The Hall–Kier alpha value is -3.68. The van der Waals surface area contributed by atoms with E-state index in [-0.39, 0.29) is 25.4 Å². The summed E-state index contributed by atoms with van der Waals surface area (Å²) in [5.74, 6) is 1.42. The third-order valence-electron chi connectivity index (χ3n) is 8.99. The van der Waals surface area contributed by atoms with Gasteiger partial charge in [-0.15, -0.1) is 0 Å². The van der Waals surface area contributed by atoms with Crippen LogP contribution in [0, 0.1) is 27.7 Å². The maximum absolute atomic E-state index is 10.6. The molecule has 2 aliphatic heterocycles. The maximum Gasteiger partial charge on any atom is 0.127 e. The maximum atomic E-state index is 10.6. The van der Waals surface area contributed by atoms with E-state index in [1.54, 1.807) is 0 Å². The summed E-state index contributed by atoms with van der Waals surface area (Å²) in [5.41, 5.74) is 11.9. The molecule has 1 aliphatic carbocycles. The van der Waals surface area contributed by atoms with E-state index in [9.17, 15) is 10.2 Å². The van der Waals surface area contributed by atoms with Crippen molar-refractivity contribution < 1.29 is 29.2 Å². The van der Waals surface area contributed by atoms with Crippen molar-refractivity contribution >= 4 is 0 Å². The SMILES string of the molecule is Cc1ccc2c(c1)C(c1cc(C)c(OCC3CO3)c(CO)c1)(c1cc(C)c(OCC3CO3)c(CO)c1)c1cc(C)ccc1-2. The third kappa shape index (κ3) is 4.83. The van der Waals surface area contributed by atoms with E-state index in [1.807, 2.05) is 13.8 Å². The van der Waals surface area contributed by atoms with Crippen molar-refractivity contribution in [3.63, 3.8) is 0 Å². The number of epoxide rings is 2. The Morgan fingerprint density at radius 3 is 1.44 bits per heavy atom. The first-order chi connectivity index (χ1) is 20.8. The van der Waals surface area contributed by atoms with Crippen LogP contribution in [0.25, 0.3) is 11.1 Å². The predicted octanol–water partition coefficient (Wildman–Crippen LogP) is 5.82. The van der Waals surface area contributed by atoms with Gasteiger partial charge in [-0.25, -0.2) is 0 Å². The van der Waals surface area contributed by atoms with Crippen LogP contribution < -0.4 is 9.47 Å². The summed E-state index contributed by atoms with van der Waals surface area (Å²) in [5, 5.41) is 21.2. The molecular formula is C37H38O6. The molecule has 2 unspecified atom stereocenters. The Morgan fingerprint density at radius 2 is 1.07 bits per heavy atom. The summed E-state index contributed by atoms with van der Waals surface area (Å²) in [4.78, 5) is 0. The van der Waals surface area contributed by atoms with Crippen molar-refractivity contribution in [3.8, 4) is 22.6 Å². The van der Waals surface area contributed by atoms with Crippen LogP contribution in [0.3, 0.4) is 0 Å². The lowest BCUT2D eigenvalue weighted by atomic mass is 9.66. The van der Waals surface area contributed by atoms with Crippen molar-refractivity contribution in [1.82, 2.24) is 0 Å². The average molecular weight is 579 g/mol. The Bertz CT molecular complexity index is 1590. The number of aliphatic hydroxyl groups excluding tert-OH is 2. The lowest BCUT2D eigenvalue weighted by molar-refractivity contribution is 0.242. The molecule has 0 amide bonds. The molecule has 43 heavy (non-hydrogen) atoms. The molecule has 0 aromatic heterocycles. The van der Waals surface area contributed by atoms with E-state index in [0.717, 1.165) is 33.4 Å². The van der Waals surface area contributed by atoms with Crippen LogP contribution >= 0.6 is 0 Å². The van der Waals surface area contributed by atoms with Crippen LogP contribution in [0.5, 0.6) is 11.5 Å². The van der Waals surface area contributed by atoms with Gasteiger partial charge in [0.15, 0.2) is 0 Å². The van der Waals surface area contributed by atoms with Crippen LogP contribution in [-0.2, 0) is 28.1 Å². The van der Waals surface area contributed by atoms with E-state index in [2.05, 4.69) is 74.5 Å². The zero-order valence-corrected chi connectivity index (χ0v) is 25.2. The molecule has 222 valence electrons. The van der Waals surface area contributed by atoms with E-state index in [4.69, 9.17) is 18.9 Å². The number of benzene rings is 4. The number of rotatable bonds is 10. The third-order valence-corrected chi connectivity index (χ3v) is 8.99. The summed E-state index contributed by atoms with van der Waals surface area (Å²) in [7, 11) is 0. The quantitative estimate of drug-likeness (QED) is 0.203. The number of hydrogen-bond donors (Lipinski definition) is 2. The number of aryl methyl sites for hydroxylation is 4. The molecule has 2 saturated heterocycles. The molecule has 0 spiro atoms. The van der Waals surface area contributed by atoms with Crippen LogP contribution in [0.1, 0.15) is 55.6 Å². The second kappa shape index (κ2) is 10.8. The second-order valence-electron chi connectivity index (χ2n) is 12.3. The fraction of sp³-hybridized carbons (Fsp3) is 0.351. The minimum absolute atomic E-state index is 0.114. The first-order valence-electron chi connectivity index (χ1n) is 15.0. The molecule has 3 aliphatic rings. The minimum atomic E-state index is -0.706. The van der Waals surface area contributed by atoms with Gasteiger partial charge in [0.1, 0.15) is 36.9 Å². The Balaban J connectivity index is 1.51. The van der Waals surface area contributed by atoms with Gasteiger partial charge >= 0.3 is 0 Å². The van der Waals surface area contributed by atoms with E-state index in [1.165, 1.54) is 33.4 Å². The summed E-state index contributed by atoms with van der Waals surface area (Å²) in [6, 6.07) is 22.0. The summed E-state index contributed by atoms with van der Waals surface area (Å²) >= 11 is 0. The highest BCUT2D eigenvalue weighted by molar-refractivity contribution is 5.87. The highest BCUT2D eigenvalue weighted by Crippen LogP contribution is 2.57. The Labute approximate surface area is 252 Å². The molecule has 0 saturated carbocycles. The van der Waals surface area contributed by atoms with Gasteiger partial charge < -0.3 is 29.2 Å². The summed E-state index contributed by atoms with van der Waals surface area (Å²) in [6.45, 7) is 10.4. The molecule has 4 aromatic rings. The standard InChI is InChI=1S/C37H38O6/c1-21-5-7-31-32-8-6-22(2)10-34(32)37(33(31)9-21,27-11-23(3)35(25(13-27)15-38)42-19-29-17-40-29)28-12-24(4)36(26(14-28)16-39)43-20-30-18-41-30/h5-14,29-30,38-39H,15-20H2,1-4H3. The van der Waals surface area contributed by atoms with Crippen LogP contribution in [0.4, 0.5) is 0 Å². The van der Waals surface area contributed by atoms with E-state index >= 15 is 0 Å². The van der Waals surface area contributed by atoms with Gasteiger partial charge in [0.25, 0.3) is 0 Å². The van der Waals surface area contributed by atoms with Gasteiger partial charge in [0.2, 0.25) is 0 Å². The highest BCUT2D eigenvalue weighted by atomic mass is 16.6. The number of fused-ring (bicyclic) bond motifs is 3. The molecule has 0 radical (unpaired) electrons. The molecule has 7 rings (SSSR count).